The van der Waals surface area contributed by atoms with Crippen LogP contribution >= 0.6 is 7.52 Å². The van der Waals surface area contributed by atoms with Gasteiger partial charge in [0.1, 0.15) is 18.1 Å². The van der Waals surface area contributed by atoms with E-state index in [2.05, 4.69) is 10.1 Å². The molecule has 3 rings (SSSR count). The van der Waals surface area contributed by atoms with Crippen LogP contribution in [0.25, 0.3) is 0 Å². The number of esters is 1. The van der Waals surface area contributed by atoms with Gasteiger partial charge in [-0.2, -0.15) is 0 Å². The molecule has 1 aromatic heterocycles. The highest BCUT2D eigenvalue weighted by Gasteiger charge is 2.33. The molecule has 10 nitrogen and oxygen atoms in total. The lowest BCUT2D eigenvalue weighted by Gasteiger charge is -2.24. The Balaban J connectivity index is 1.69. The van der Waals surface area contributed by atoms with Gasteiger partial charge < -0.3 is 14.0 Å². The Bertz CT molecular complexity index is 1160. The molecule has 0 bridgehead atoms. The number of aryl methyl sites for hydroxylation is 1. The van der Waals surface area contributed by atoms with Gasteiger partial charge in [-0.1, -0.05) is 30.4 Å². The molecule has 4 atom stereocenters. The number of rotatable bonds is 10. The average molecular weight is 477 g/mol. The van der Waals surface area contributed by atoms with E-state index in [1.165, 1.54) is 17.7 Å². The summed E-state index contributed by atoms with van der Waals surface area (Å²) in [6.07, 6.45) is 4.71. The van der Waals surface area contributed by atoms with Gasteiger partial charge in [0.2, 0.25) is 0 Å². The van der Waals surface area contributed by atoms with Crippen LogP contribution in [-0.4, -0.2) is 40.6 Å². The molecule has 178 valence electrons. The number of nitrogens with one attached hydrogen (secondary N) is 2. The summed E-state index contributed by atoms with van der Waals surface area (Å²) < 4.78 is 31.5. The van der Waals surface area contributed by atoms with Crippen molar-refractivity contribution >= 4 is 13.5 Å². The number of allylic oxidation sites excluding steroid dienone is 1. The molecule has 2 N–H and O–H groups in total. The van der Waals surface area contributed by atoms with Crippen LogP contribution in [0.15, 0.2) is 58.3 Å². The lowest BCUT2D eigenvalue weighted by atomic mass is 10.2. The van der Waals surface area contributed by atoms with E-state index in [1.54, 1.807) is 56.3 Å². The van der Waals surface area contributed by atoms with E-state index >= 15 is 0 Å². The Labute approximate surface area is 191 Å². The Morgan fingerprint density at radius 3 is 2.70 bits per heavy atom. The van der Waals surface area contributed by atoms with Crippen molar-refractivity contribution in [2.24, 2.45) is 0 Å². The number of carbonyl (C=O) groups is 1. The molecule has 0 saturated carbocycles. The summed E-state index contributed by atoms with van der Waals surface area (Å²) in [4.78, 5) is 38.1. The van der Waals surface area contributed by atoms with Crippen molar-refractivity contribution in [3.05, 3.63) is 75.1 Å². The first-order valence-corrected chi connectivity index (χ1v) is 12.4. The summed E-state index contributed by atoms with van der Waals surface area (Å²) in [6.45, 7) is 5.04. The van der Waals surface area contributed by atoms with Crippen molar-refractivity contribution in [3.8, 4) is 5.75 Å². The molecule has 1 heterocycles. The topological polar surface area (TPSA) is 129 Å². The fraction of sp³-hybridized carbons (Fsp3) is 0.409. The molecule has 0 radical (unpaired) electrons. The first kappa shape index (κ1) is 24.7. The van der Waals surface area contributed by atoms with Gasteiger partial charge in [-0.15, -0.1) is 0 Å². The zero-order valence-corrected chi connectivity index (χ0v) is 19.6. The summed E-state index contributed by atoms with van der Waals surface area (Å²) >= 11 is 0. The van der Waals surface area contributed by atoms with Crippen LogP contribution < -0.4 is 20.9 Å². The maximum Gasteiger partial charge on any atom is 0.342 e. The third kappa shape index (κ3) is 6.54. The number of aromatic amines is 1. The second-order valence-corrected chi connectivity index (χ2v) is 9.73. The van der Waals surface area contributed by atoms with Gasteiger partial charge in [0.05, 0.1) is 18.8 Å². The molecule has 11 heteroatoms. The zero-order valence-electron chi connectivity index (χ0n) is 18.7. The zero-order chi connectivity index (χ0) is 24.0. The molecule has 1 aliphatic carbocycles. The van der Waals surface area contributed by atoms with Gasteiger partial charge in [-0.25, -0.2) is 9.88 Å². The maximum absolute atomic E-state index is 13.6. The predicted octanol–water partition coefficient (Wildman–Crippen LogP) is 2.50. The van der Waals surface area contributed by atoms with Gasteiger partial charge in [-0.3, -0.25) is 23.7 Å². The van der Waals surface area contributed by atoms with E-state index in [0.717, 1.165) is 0 Å². The number of hydrogen-bond acceptors (Lipinski definition) is 7. The molecular formula is C22H28N3O7P. The fourth-order valence-corrected chi connectivity index (χ4v) is 5.09. The molecule has 0 saturated heterocycles. The molecular weight excluding hydrogens is 449 g/mol. The molecule has 2 aromatic rings. The number of carbonyl (C=O) groups excluding carboxylic acids is 1. The first-order valence-electron chi connectivity index (χ1n) is 10.6. The van der Waals surface area contributed by atoms with E-state index in [9.17, 15) is 18.9 Å². The number of hydrogen-bond donors (Lipinski definition) is 2. The van der Waals surface area contributed by atoms with Crippen molar-refractivity contribution < 1.29 is 23.4 Å². The van der Waals surface area contributed by atoms with E-state index in [-0.39, 0.29) is 19.0 Å². The maximum atomic E-state index is 13.6. The monoisotopic (exact) mass is 477 g/mol. The van der Waals surface area contributed by atoms with Crippen molar-refractivity contribution in [3.63, 3.8) is 0 Å². The van der Waals surface area contributed by atoms with Gasteiger partial charge in [-0.05, 0) is 32.9 Å². The summed E-state index contributed by atoms with van der Waals surface area (Å²) in [5.41, 5.74) is -0.513. The van der Waals surface area contributed by atoms with Crippen LogP contribution in [0, 0.1) is 6.92 Å². The summed E-state index contributed by atoms with van der Waals surface area (Å²) in [5, 5.41) is 2.73. The molecule has 0 amide bonds. The minimum absolute atomic E-state index is 0.197. The minimum Gasteiger partial charge on any atom is -0.465 e. The Morgan fingerprint density at radius 1 is 1.27 bits per heavy atom. The number of para-hydroxylation sites is 1. The van der Waals surface area contributed by atoms with Crippen LogP contribution in [0.1, 0.15) is 31.9 Å². The summed E-state index contributed by atoms with van der Waals surface area (Å²) in [7, 11) is -3.67. The predicted molar refractivity (Wildman–Crippen MR) is 123 cm³/mol. The third-order valence-corrected chi connectivity index (χ3v) is 6.79. The van der Waals surface area contributed by atoms with Gasteiger partial charge in [0.15, 0.2) is 0 Å². The quantitative estimate of drug-likeness (QED) is 0.303. The van der Waals surface area contributed by atoms with Crippen LogP contribution in [0.3, 0.4) is 0 Å². The SMILES string of the molecule is CCOC(=O)[C@H](C)NP(=O)(CO[C@H]1C=C[C@@H](n2cc(C)c(=O)[nH]c2=O)C1)Oc1ccccc1. The van der Waals surface area contributed by atoms with Crippen LogP contribution in [0.2, 0.25) is 0 Å². The van der Waals surface area contributed by atoms with Gasteiger partial charge in [0, 0.05) is 18.2 Å². The number of nitrogens with zero attached hydrogens (tertiary/aromatic N) is 1. The molecule has 0 fully saturated rings. The third-order valence-electron chi connectivity index (χ3n) is 5.01. The summed E-state index contributed by atoms with van der Waals surface area (Å²) in [5.74, 6) is -0.189. The van der Waals surface area contributed by atoms with Crippen LogP contribution in [-0.2, 0) is 18.8 Å². The van der Waals surface area contributed by atoms with Crippen LogP contribution in [0.4, 0.5) is 0 Å². The Kier molecular flexibility index (Phi) is 8.07. The van der Waals surface area contributed by atoms with Gasteiger partial charge >= 0.3 is 19.2 Å². The first-order chi connectivity index (χ1) is 15.7. The molecule has 1 aromatic carbocycles. The molecule has 0 aliphatic heterocycles. The van der Waals surface area contributed by atoms with E-state index < -0.39 is 36.9 Å². The lowest BCUT2D eigenvalue weighted by Crippen LogP contribution is -2.36. The number of benzene rings is 1. The minimum atomic E-state index is -3.67. The van der Waals surface area contributed by atoms with Crippen molar-refractivity contribution in [2.75, 3.05) is 13.0 Å². The van der Waals surface area contributed by atoms with Gasteiger partial charge in [0.25, 0.3) is 5.56 Å². The lowest BCUT2D eigenvalue weighted by molar-refractivity contribution is -0.144. The highest BCUT2D eigenvalue weighted by Crippen LogP contribution is 2.44. The second kappa shape index (κ2) is 10.8. The van der Waals surface area contributed by atoms with E-state index in [1.807, 2.05) is 0 Å². The highest BCUT2D eigenvalue weighted by molar-refractivity contribution is 7.57. The molecule has 1 unspecified atom stereocenters. The normalized spacial score (nSPS) is 20.2. The number of ether oxygens (including phenoxy) is 2. The number of aromatic nitrogens is 2. The second-order valence-electron chi connectivity index (χ2n) is 7.68. The Hall–Kier alpha value is -2.94. The number of H-pyrrole nitrogens is 1. The standard InChI is InChI=1S/C22H28N3O7P/c1-4-30-21(27)16(3)24-33(29,32-18-8-6-5-7-9-18)14-31-19-11-10-17(12-19)25-13-15(2)20(26)23-22(25)28/h5-11,13,16-17,19H,4,12,14H2,1-3H3,(H,24,29)(H,23,26,28)/t16-,17+,19-,33?/m0/s1. The van der Waals surface area contributed by atoms with Crippen molar-refractivity contribution in [1.82, 2.24) is 14.6 Å². The Morgan fingerprint density at radius 2 is 2.00 bits per heavy atom. The largest absolute Gasteiger partial charge is 0.465 e. The fourth-order valence-electron chi connectivity index (χ4n) is 3.36. The van der Waals surface area contributed by atoms with E-state index in [4.69, 9.17) is 14.0 Å². The van der Waals surface area contributed by atoms with Crippen molar-refractivity contribution in [2.45, 2.75) is 45.4 Å². The van der Waals surface area contributed by atoms with Crippen molar-refractivity contribution in [1.29, 1.82) is 0 Å². The highest BCUT2D eigenvalue weighted by atomic mass is 31.2. The molecule has 0 spiro atoms. The van der Waals surface area contributed by atoms with E-state index in [0.29, 0.717) is 17.7 Å². The molecule has 33 heavy (non-hydrogen) atoms. The van der Waals surface area contributed by atoms with Crippen LogP contribution in [0.5, 0.6) is 5.75 Å². The summed E-state index contributed by atoms with van der Waals surface area (Å²) in [6, 6.07) is 7.39. The average Bonchev–Trinajstić information content (AvgIpc) is 3.24. The smallest absolute Gasteiger partial charge is 0.342 e. The molecule has 1 aliphatic rings.